The molecule has 0 radical (unpaired) electrons. The predicted molar refractivity (Wildman–Crippen MR) is 180 cm³/mol. The van der Waals surface area contributed by atoms with Gasteiger partial charge in [0.2, 0.25) is 0 Å². The lowest BCUT2D eigenvalue weighted by Gasteiger charge is -2.39. The summed E-state index contributed by atoms with van der Waals surface area (Å²) < 4.78 is 31.7. The molecule has 4 unspecified atom stereocenters. The molecule has 2 bridgehead atoms. The van der Waals surface area contributed by atoms with E-state index in [2.05, 4.69) is 10.3 Å². The molecule has 2 N–H and O–H groups in total. The molecular weight excluding hydrogens is 626 g/mol. The average molecular weight is 662 g/mol. The van der Waals surface area contributed by atoms with E-state index >= 15 is 0 Å². The summed E-state index contributed by atoms with van der Waals surface area (Å²) in [5.41, 5.74) is -0.249. The fourth-order valence-corrected chi connectivity index (χ4v) is 6.50. The van der Waals surface area contributed by atoms with Crippen molar-refractivity contribution in [1.29, 1.82) is 0 Å². The first kappa shape index (κ1) is 32.2. The van der Waals surface area contributed by atoms with Crippen LogP contribution in [-0.4, -0.2) is 65.8 Å². The summed E-state index contributed by atoms with van der Waals surface area (Å²) in [6, 6.07) is 35.2. The van der Waals surface area contributed by atoms with Gasteiger partial charge in [-0.15, -0.1) is 0 Å². The molecule has 2 fully saturated rings. The van der Waals surface area contributed by atoms with Crippen molar-refractivity contribution in [2.45, 2.75) is 29.6 Å². The third kappa shape index (κ3) is 5.87. The van der Waals surface area contributed by atoms with E-state index in [-0.39, 0.29) is 19.0 Å². The van der Waals surface area contributed by atoms with E-state index in [0.29, 0.717) is 17.1 Å². The number of fused-ring (bicyclic) bond motifs is 2. The van der Waals surface area contributed by atoms with E-state index < -0.39 is 41.2 Å². The second-order valence-electron chi connectivity index (χ2n) is 11.9. The van der Waals surface area contributed by atoms with Gasteiger partial charge in [0.25, 0.3) is 5.91 Å². The van der Waals surface area contributed by atoms with Gasteiger partial charge in [0, 0.05) is 11.8 Å². The molecule has 5 aromatic rings. The molecule has 4 aromatic carbocycles. The Hall–Kier alpha value is -5.33. The SMILES string of the molecule is COc1ccc(C(OCC23COC(C(n4ccc(NC(=O)c5ccccc5)nc4=O)O2)C3O)(c2ccccc2)c2ccc(OC)cc2)cc1. The van der Waals surface area contributed by atoms with E-state index in [0.717, 1.165) is 16.7 Å². The molecule has 2 aliphatic rings. The fourth-order valence-electron chi connectivity index (χ4n) is 6.50. The normalized spacial score (nSPS) is 21.3. The van der Waals surface area contributed by atoms with Crippen LogP contribution in [0.5, 0.6) is 11.5 Å². The zero-order chi connectivity index (χ0) is 34.0. The first-order valence-electron chi connectivity index (χ1n) is 15.8. The number of rotatable bonds is 11. The van der Waals surface area contributed by atoms with Crippen LogP contribution in [0.3, 0.4) is 0 Å². The molecule has 1 aromatic heterocycles. The molecule has 2 aliphatic heterocycles. The highest BCUT2D eigenvalue weighted by Crippen LogP contribution is 2.48. The summed E-state index contributed by atoms with van der Waals surface area (Å²) in [7, 11) is 3.22. The number of aliphatic hydroxyl groups excluding tert-OH is 1. The molecule has 1 amide bonds. The van der Waals surface area contributed by atoms with E-state index in [1.54, 1.807) is 44.6 Å². The largest absolute Gasteiger partial charge is 0.497 e. The minimum Gasteiger partial charge on any atom is -0.497 e. The highest BCUT2D eigenvalue weighted by Gasteiger charge is 2.63. The second kappa shape index (κ2) is 13.3. The number of aliphatic hydroxyl groups is 1. The Morgan fingerprint density at radius 3 is 2.02 bits per heavy atom. The molecule has 0 aliphatic carbocycles. The van der Waals surface area contributed by atoms with Crippen LogP contribution < -0.4 is 20.5 Å². The van der Waals surface area contributed by atoms with Gasteiger partial charge in [-0.2, -0.15) is 4.98 Å². The van der Waals surface area contributed by atoms with Gasteiger partial charge in [0.1, 0.15) is 40.7 Å². The Balaban J connectivity index is 1.20. The van der Waals surface area contributed by atoms with Gasteiger partial charge in [-0.05, 0) is 59.2 Å². The van der Waals surface area contributed by atoms with Crippen LogP contribution in [0, 0.1) is 0 Å². The molecule has 250 valence electrons. The van der Waals surface area contributed by atoms with Crippen LogP contribution in [-0.2, 0) is 19.8 Å². The molecular formula is C38H35N3O8. The van der Waals surface area contributed by atoms with Crippen molar-refractivity contribution in [2.75, 3.05) is 32.8 Å². The lowest BCUT2D eigenvalue weighted by molar-refractivity contribution is -0.204. The fraction of sp³-hybridized carbons (Fsp3) is 0.237. The Morgan fingerprint density at radius 1 is 0.878 bits per heavy atom. The number of methoxy groups -OCH3 is 2. The van der Waals surface area contributed by atoms with Gasteiger partial charge in [-0.1, -0.05) is 72.8 Å². The summed E-state index contributed by atoms with van der Waals surface area (Å²) in [6.45, 7) is -0.0552. The number of aromatic nitrogens is 2. The molecule has 0 saturated carbocycles. The molecule has 4 atom stereocenters. The number of hydrogen-bond donors (Lipinski definition) is 2. The quantitative estimate of drug-likeness (QED) is 0.196. The second-order valence-corrected chi connectivity index (χ2v) is 11.9. The van der Waals surface area contributed by atoms with Gasteiger partial charge in [0.05, 0.1) is 27.4 Å². The van der Waals surface area contributed by atoms with Gasteiger partial charge in [0.15, 0.2) is 6.23 Å². The maximum absolute atomic E-state index is 13.2. The van der Waals surface area contributed by atoms with Crippen LogP contribution in [0.2, 0.25) is 0 Å². The monoisotopic (exact) mass is 661 g/mol. The Kier molecular flexibility index (Phi) is 8.74. The summed E-state index contributed by atoms with van der Waals surface area (Å²) in [5.74, 6) is 1.07. The van der Waals surface area contributed by atoms with E-state index in [9.17, 15) is 14.7 Å². The van der Waals surface area contributed by atoms with E-state index in [1.807, 2.05) is 78.9 Å². The number of nitrogens with zero attached hydrogens (tertiary/aromatic N) is 2. The zero-order valence-electron chi connectivity index (χ0n) is 26.9. The van der Waals surface area contributed by atoms with Crippen molar-refractivity contribution in [1.82, 2.24) is 9.55 Å². The summed E-state index contributed by atoms with van der Waals surface area (Å²) in [4.78, 5) is 29.9. The minimum absolute atomic E-state index is 0.0405. The Morgan fingerprint density at radius 2 is 1.45 bits per heavy atom. The van der Waals surface area contributed by atoms with Crippen LogP contribution in [0.1, 0.15) is 33.3 Å². The van der Waals surface area contributed by atoms with Crippen molar-refractivity contribution in [3.8, 4) is 11.5 Å². The zero-order valence-corrected chi connectivity index (χ0v) is 26.9. The molecule has 11 nitrogen and oxygen atoms in total. The lowest BCUT2D eigenvalue weighted by Crippen LogP contribution is -2.48. The van der Waals surface area contributed by atoms with Crippen molar-refractivity contribution < 1.29 is 33.6 Å². The topological polar surface area (TPSA) is 130 Å². The van der Waals surface area contributed by atoms with Gasteiger partial charge in [-0.25, -0.2) is 4.79 Å². The molecule has 3 heterocycles. The van der Waals surface area contributed by atoms with Crippen molar-refractivity contribution in [3.63, 3.8) is 0 Å². The third-order valence-electron chi connectivity index (χ3n) is 9.09. The number of ether oxygens (including phenoxy) is 5. The minimum atomic E-state index is -1.31. The number of nitrogens with one attached hydrogen (secondary N) is 1. The number of anilines is 1. The number of carbonyl (C=O) groups is 1. The lowest BCUT2D eigenvalue weighted by atomic mass is 9.79. The third-order valence-corrected chi connectivity index (χ3v) is 9.09. The summed E-state index contributed by atoms with van der Waals surface area (Å²) in [5, 5.41) is 14.2. The number of benzene rings is 4. The first-order chi connectivity index (χ1) is 23.9. The Bertz CT molecular complexity index is 1920. The van der Waals surface area contributed by atoms with Crippen molar-refractivity contribution in [3.05, 3.63) is 154 Å². The number of carbonyl (C=O) groups excluding carboxylic acids is 1. The van der Waals surface area contributed by atoms with Crippen molar-refractivity contribution in [2.24, 2.45) is 0 Å². The van der Waals surface area contributed by atoms with Gasteiger partial charge in [-0.3, -0.25) is 9.36 Å². The van der Waals surface area contributed by atoms with E-state index in [4.69, 9.17) is 23.7 Å². The standard InChI is InChI=1S/C38H35N3O8/c1-45-29-17-13-27(14-18-29)38(26-11-7-4-8-12-26,28-15-19-30(46-2)20-16-28)48-24-37-23-47-32(33(37)42)35(49-37)41-22-21-31(40-36(41)44)39-34(43)25-9-5-3-6-10-25/h3-22,32-33,35,42H,23-24H2,1-2H3,(H,39,40,43,44). The highest BCUT2D eigenvalue weighted by atomic mass is 16.7. The van der Waals surface area contributed by atoms with Crippen LogP contribution in [0.15, 0.2) is 126 Å². The molecule has 49 heavy (non-hydrogen) atoms. The Labute approximate surface area is 282 Å². The van der Waals surface area contributed by atoms with Crippen LogP contribution in [0.25, 0.3) is 0 Å². The van der Waals surface area contributed by atoms with Crippen LogP contribution >= 0.6 is 0 Å². The molecule has 11 heteroatoms. The van der Waals surface area contributed by atoms with Crippen LogP contribution in [0.4, 0.5) is 5.82 Å². The summed E-state index contributed by atoms with van der Waals surface area (Å²) in [6.07, 6.45) is -1.50. The predicted octanol–water partition coefficient (Wildman–Crippen LogP) is 4.55. The van der Waals surface area contributed by atoms with Gasteiger partial charge >= 0.3 is 5.69 Å². The summed E-state index contributed by atoms with van der Waals surface area (Å²) >= 11 is 0. The molecule has 2 saturated heterocycles. The van der Waals surface area contributed by atoms with E-state index in [1.165, 1.54) is 16.8 Å². The van der Waals surface area contributed by atoms with Gasteiger partial charge < -0.3 is 34.1 Å². The molecule has 0 spiro atoms. The maximum atomic E-state index is 13.2. The first-order valence-corrected chi connectivity index (χ1v) is 15.8. The average Bonchev–Trinajstić information content (AvgIpc) is 3.61. The van der Waals surface area contributed by atoms with Crippen molar-refractivity contribution >= 4 is 11.7 Å². The maximum Gasteiger partial charge on any atom is 0.351 e. The number of hydrogen-bond acceptors (Lipinski definition) is 9. The smallest absolute Gasteiger partial charge is 0.351 e. The molecule has 7 rings (SSSR count). The highest BCUT2D eigenvalue weighted by molar-refractivity contribution is 6.03. The number of amides is 1.